The maximum absolute atomic E-state index is 13.9. The van der Waals surface area contributed by atoms with Crippen molar-refractivity contribution in [1.29, 1.82) is 0 Å². The van der Waals surface area contributed by atoms with Gasteiger partial charge in [-0.15, -0.1) is 0 Å². The fourth-order valence-electron chi connectivity index (χ4n) is 2.87. The lowest BCUT2D eigenvalue weighted by Crippen LogP contribution is -2.49. The number of ether oxygens (including phenoxy) is 1. The number of halogens is 2. The topological polar surface area (TPSA) is 32.8 Å². The molecular formula is C18H18ClFN2O2. The van der Waals surface area contributed by atoms with E-state index in [0.717, 1.165) is 11.4 Å². The van der Waals surface area contributed by atoms with Crippen molar-refractivity contribution in [2.75, 3.05) is 38.2 Å². The maximum Gasteiger partial charge on any atom is 0.257 e. The summed E-state index contributed by atoms with van der Waals surface area (Å²) in [5, 5.41) is 0.354. The summed E-state index contributed by atoms with van der Waals surface area (Å²) in [6.07, 6.45) is 0. The van der Waals surface area contributed by atoms with Crippen LogP contribution in [0, 0.1) is 5.82 Å². The highest BCUT2D eigenvalue weighted by Gasteiger charge is 2.25. The SMILES string of the molecule is COc1ccccc1N1CCN(C(=O)c2cc(Cl)ccc2F)CC1. The van der Waals surface area contributed by atoms with E-state index < -0.39 is 5.82 Å². The van der Waals surface area contributed by atoms with Crippen molar-refractivity contribution in [3.05, 3.63) is 58.9 Å². The highest BCUT2D eigenvalue weighted by Crippen LogP contribution is 2.28. The van der Waals surface area contributed by atoms with Gasteiger partial charge in [0, 0.05) is 31.2 Å². The first kappa shape index (κ1) is 16.6. The lowest BCUT2D eigenvalue weighted by molar-refractivity contribution is 0.0742. The van der Waals surface area contributed by atoms with E-state index in [4.69, 9.17) is 16.3 Å². The van der Waals surface area contributed by atoms with E-state index in [1.54, 1.807) is 12.0 Å². The highest BCUT2D eigenvalue weighted by molar-refractivity contribution is 6.31. The average molecular weight is 349 g/mol. The number of benzene rings is 2. The Labute approximate surface area is 145 Å². The molecule has 1 aliphatic rings. The van der Waals surface area contributed by atoms with Crippen LogP contribution in [0.15, 0.2) is 42.5 Å². The highest BCUT2D eigenvalue weighted by atomic mass is 35.5. The van der Waals surface area contributed by atoms with Crippen molar-refractivity contribution in [1.82, 2.24) is 4.90 Å². The summed E-state index contributed by atoms with van der Waals surface area (Å²) in [5.41, 5.74) is 1.02. The summed E-state index contributed by atoms with van der Waals surface area (Å²) in [7, 11) is 1.64. The molecule has 1 amide bonds. The zero-order chi connectivity index (χ0) is 17.1. The van der Waals surface area contributed by atoms with Crippen LogP contribution >= 0.6 is 11.6 Å². The molecule has 0 atom stereocenters. The number of hydrogen-bond donors (Lipinski definition) is 0. The van der Waals surface area contributed by atoms with Crippen LogP contribution in [0.3, 0.4) is 0 Å². The van der Waals surface area contributed by atoms with E-state index in [1.807, 2.05) is 24.3 Å². The maximum atomic E-state index is 13.9. The molecule has 0 aromatic heterocycles. The van der Waals surface area contributed by atoms with Crippen LogP contribution in [-0.4, -0.2) is 44.1 Å². The molecular weight excluding hydrogens is 331 g/mol. The van der Waals surface area contributed by atoms with Gasteiger partial charge in [-0.1, -0.05) is 23.7 Å². The third-order valence-electron chi connectivity index (χ3n) is 4.15. The molecule has 1 heterocycles. The summed E-state index contributed by atoms with van der Waals surface area (Å²) in [6, 6.07) is 11.8. The summed E-state index contributed by atoms with van der Waals surface area (Å²) in [6.45, 7) is 2.36. The van der Waals surface area contributed by atoms with Gasteiger partial charge in [-0.3, -0.25) is 4.79 Å². The number of para-hydroxylation sites is 2. The zero-order valence-electron chi connectivity index (χ0n) is 13.3. The minimum Gasteiger partial charge on any atom is -0.495 e. The fourth-order valence-corrected chi connectivity index (χ4v) is 3.05. The number of nitrogens with zero attached hydrogens (tertiary/aromatic N) is 2. The van der Waals surface area contributed by atoms with Gasteiger partial charge in [0.15, 0.2) is 0 Å². The van der Waals surface area contributed by atoms with Crippen LogP contribution in [-0.2, 0) is 0 Å². The predicted molar refractivity (Wildman–Crippen MR) is 92.5 cm³/mol. The largest absolute Gasteiger partial charge is 0.495 e. The minimum absolute atomic E-state index is 0.0215. The average Bonchev–Trinajstić information content (AvgIpc) is 2.63. The molecule has 0 unspecified atom stereocenters. The van der Waals surface area contributed by atoms with Crippen molar-refractivity contribution in [3.63, 3.8) is 0 Å². The van der Waals surface area contributed by atoms with E-state index in [0.29, 0.717) is 31.2 Å². The fraction of sp³-hybridized carbons (Fsp3) is 0.278. The number of carbonyl (C=O) groups is 1. The number of amides is 1. The van der Waals surface area contributed by atoms with Crippen molar-refractivity contribution in [3.8, 4) is 5.75 Å². The predicted octanol–water partition coefficient (Wildman–Crippen LogP) is 3.45. The summed E-state index contributed by atoms with van der Waals surface area (Å²) in [5.74, 6) is -0.0654. The second kappa shape index (κ2) is 7.09. The van der Waals surface area contributed by atoms with E-state index in [9.17, 15) is 9.18 Å². The van der Waals surface area contributed by atoms with Gasteiger partial charge in [0.2, 0.25) is 0 Å². The molecule has 126 valence electrons. The quantitative estimate of drug-likeness (QED) is 0.851. The Kier molecular flexibility index (Phi) is 4.90. The molecule has 3 rings (SSSR count). The lowest BCUT2D eigenvalue weighted by atomic mass is 10.1. The molecule has 24 heavy (non-hydrogen) atoms. The minimum atomic E-state index is -0.545. The van der Waals surface area contributed by atoms with Gasteiger partial charge in [0.1, 0.15) is 11.6 Å². The first-order valence-corrected chi connectivity index (χ1v) is 8.10. The van der Waals surface area contributed by atoms with Gasteiger partial charge in [0.05, 0.1) is 18.4 Å². The second-order valence-electron chi connectivity index (χ2n) is 5.58. The molecule has 1 aliphatic heterocycles. The summed E-state index contributed by atoms with van der Waals surface area (Å²) < 4.78 is 19.3. The Hall–Kier alpha value is -2.27. The molecule has 0 N–H and O–H groups in total. The molecule has 2 aromatic carbocycles. The summed E-state index contributed by atoms with van der Waals surface area (Å²) in [4.78, 5) is 16.3. The van der Waals surface area contributed by atoms with Crippen molar-refractivity contribution in [2.45, 2.75) is 0 Å². The number of hydrogen-bond acceptors (Lipinski definition) is 3. The Balaban J connectivity index is 1.71. The Morgan fingerprint density at radius 3 is 2.54 bits per heavy atom. The van der Waals surface area contributed by atoms with Crippen molar-refractivity contribution >= 4 is 23.2 Å². The van der Waals surface area contributed by atoms with Gasteiger partial charge in [-0.2, -0.15) is 0 Å². The normalized spacial score (nSPS) is 14.6. The number of piperazine rings is 1. The van der Waals surface area contributed by atoms with Gasteiger partial charge >= 0.3 is 0 Å². The molecule has 0 spiro atoms. The smallest absolute Gasteiger partial charge is 0.257 e. The Morgan fingerprint density at radius 2 is 1.83 bits per heavy atom. The Morgan fingerprint density at radius 1 is 1.12 bits per heavy atom. The van der Waals surface area contributed by atoms with E-state index in [2.05, 4.69) is 4.90 Å². The third kappa shape index (κ3) is 3.31. The summed E-state index contributed by atoms with van der Waals surface area (Å²) >= 11 is 5.88. The van der Waals surface area contributed by atoms with Crippen molar-refractivity contribution < 1.29 is 13.9 Å². The molecule has 2 aromatic rings. The van der Waals surface area contributed by atoms with Gasteiger partial charge < -0.3 is 14.5 Å². The number of carbonyl (C=O) groups excluding carboxylic acids is 1. The monoisotopic (exact) mass is 348 g/mol. The van der Waals surface area contributed by atoms with Gasteiger partial charge in [-0.05, 0) is 30.3 Å². The number of anilines is 1. The molecule has 0 radical (unpaired) electrons. The van der Waals surface area contributed by atoms with Crippen LogP contribution in [0.25, 0.3) is 0 Å². The molecule has 6 heteroatoms. The standard InChI is InChI=1S/C18H18ClFN2O2/c1-24-17-5-3-2-4-16(17)21-8-10-22(11-9-21)18(23)14-12-13(19)6-7-15(14)20/h2-7,12H,8-11H2,1H3. The third-order valence-corrected chi connectivity index (χ3v) is 4.39. The molecule has 0 saturated carbocycles. The zero-order valence-corrected chi connectivity index (χ0v) is 14.1. The first-order valence-electron chi connectivity index (χ1n) is 7.72. The van der Waals surface area contributed by atoms with Crippen LogP contribution in [0.2, 0.25) is 5.02 Å². The van der Waals surface area contributed by atoms with Gasteiger partial charge in [-0.25, -0.2) is 4.39 Å². The van der Waals surface area contributed by atoms with Crippen LogP contribution in [0.5, 0.6) is 5.75 Å². The van der Waals surface area contributed by atoms with Crippen LogP contribution in [0.4, 0.5) is 10.1 Å². The molecule has 1 fully saturated rings. The van der Waals surface area contributed by atoms with E-state index in [-0.39, 0.29) is 11.5 Å². The van der Waals surface area contributed by atoms with Crippen LogP contribution < -0.4 is 9.64 Å². The molecule has 1 saturated heterocycles. The van der Waals surface area contributed by atoms with Crippen molar-refractivity contribution in [2.24, 2.45) is 0 Å². The van der Waals surface area contributed by atoms with Crippen LogP contribution in [0.1, 0.15) is 10.4 Å². The Bertz CT molecular complexity index is 746. The van der Waals surface area contributed by atoms with Gasteiger partial charge in [0.25, 0.3) is 5.91 Å². The molecule has 4 nitrogen and oxygen atoms in total. The second-order valence-corrected chi connectivity index (χ2v) is 6.01. The lowest BCUT2D eigenvalue weighted by Gasteiger charge is -2.36. The van der Waals surface area contributed by atoms with E-state index in [1.165, 1.54) is 18.2 Å². The first-order chi connectivity index (χ1) is 11.6. The number of rotatable bonds is 3. The molecule has 0 bridgehead atoms. The number of methoxy groups -OCH3 is 1. The van der Waals surface area contributed by atoms with E-state index >= 15 is 0 Å². The molecule has 0 aliphatic carbocycles.